The van der Waals surface area contributed by atoms with Gasteiger partial charge in [-0.3, -0.25) is 0 Å². The van der Waals surface area contributed by atoms with Gasteiger partial charge in [0.2, 0.25) is 0 Å². The molecular weight excluding hydrogens is 382 g/mol. The molecule has 0 unspecified atom stereocenters. The summed E-state index contributed by atoms with van der Waals surface area (Å²) in [6.07, 6.45) is 5.48. The van der Waals surface area contributed by atoms with Crippen molar-refractivity contribution in [2.45, 2.75) is 50.5 Å². The molecule has 0 saturated carbocycles. The highest BCUT2D eigenvalue weighted by Crippen LogP contribution is 2.37. The fourth-order valence-electron chi connectivity index (χ4n) is 4.03. The highest BCUT2D eigenvalue weighted by atomic mass is 32.2. The topological polar surface area (TPSA) is 41.9 Å². The molecule has 2 aliphatic rings. The Morgan fingerprint density at radius 3 is 2.83 bits per heavy atom. The smallest absolute Gasteiger partial charge is 0.124 e. The van der Waals surface area contributed by atoms with Gasteiger partial charge in [-0.05, 0) is 85.4 Å². The summed E-state index contributed by atoms with van der Waals surface area (Å²) in [7, 11) is 0. The van der Waals surface area contributed by atoms with E-state index in [4.69, 9.17) is 9.47 Å². The molecule has 0 aliphatic carbocycles. The monoisotopic (exact) mass is 413 g/mol. The van der Waals surface area contributed by atoms with Crippen molar-refractivity contribution < 1.29 is 14.6 Å². The molecule has 0 bridgehead atoms. The van der Waals surface area contributed by atoms with Crippen molar-refractivity contribution in [1.29, 1.82) is 0 Å². The van der Waals surface area contributed by atoms with Gasteiger partial charge in [-0.2, -0.15) is 0 Å². The molecular formula is C24H31NO3S. The summed E-state index contributed by atoms with van der Waals surface area (Å²) in [6.45, 7) is 5.59. The number of ether oxygens (including phenoxy) is 2. The molecule has 1 fully saturated rings. The van der Waals surface area contributed by atoms with Crippen LogP contribution >= 0.6 is 11.9 Å². The van der Waals surface area contributed by atoms with Crippen LogP contribution in [0, 0.1) is 5.92 Å². The summed E-state index contributed by atoms with van der Waals surface area (Å²) < 4.78 is 13.9. The maximum absolute atomic E-state index is 9.89. The fraction of sp³-hybridized carbons (Fsp3) is 0.500. The van der Waals surface area contributed by atoms with Gasteiger partial charge in [-0.25, -0.2) is 0 Å². The van der Waals surface area contributed by atoms with E-state index >= 15 is 0 Å². The minimum atomic E-state index is -0.00587. The van der Waals surface area contributed by atoms with E-state index in [1.807, 2.05) is 6.07 Å². The lowest BCUT2D eigenvalue weighted by Gasteiger charge is -2.30. The second-order valence-electron chi connectivity index (χ2n) is 7.91. The van der Waals surface area contributed by atoms with E-state index in [1.54, 1.807) is 11.9 Å². The average molecular weight is 414 g/mol. The Morgan fingerprint density at radius 1 is 1.17 bits per heavy atom. The van der Waals surface area contributed by atoms with Gasteiger partial charge in [0.05, 0.1) is 18.9 Å². The number of benzene rings is 2. The summed E-state index contributed by atoms with van der Waals surface area (Å²) in [5.74, 6) is 1.35. The summed E-state index contributed by atoms with van der Waals surface area (Å²) in [5, 5.41) is 9.89. The van der Waals surface area contributed by atoms with E-state index in [0.29, 0.717) is 12.5 Å². The number of anilines is 1. The maximum atomic E-state index is 9.89. The molecule has 0 spiro atoms. The predicted molar refractivity (Wildman–Crippen MR) is 119 cm³/mol. The Balaban J connectivity index is 1.46. The Bertz CT molecular complexity index is 820. The van der Waals surface area contributed by atoms with E-state index in [-0.39, 0.29) is 6.61 Å². The Kier molecular flexibility index (Phi) is 7.01. The van der Waals surface area contributed by atoms with Gasteiger partial charge >= 0.3 is 0 Å². The molecule has 4 rings (SSSR count). The number of aryl methyl sites for hydroxylation is 2. The first-order valence-corrected chi connectivity index (χ1v) is 11.6. The third-order valence-corrected chi connectivity index (χ3v) is 6.93. The number of rotatable bonds is 7. The zero-order valence-corrected chi connectivity index (χ0v) is 18.0. The van der Waals surface area contributed by atoms with Gasteiger partial charge < -0.3 is 18.9 Å². The van der Waals surface area contributed by atoms with Gasteiger partial charge in [-0.15, -0.1) is 0 Å². The van der Waals surface area contributed by atoms with Crippen LogP contribution < -0.4 is 9.04 Å². The number of nitrogens with zero attached hydrogens (tertiary/aromatic N) is 1. The van der Waals surface area contributed by atoms with E-state index < -0.39 is 0 Å². The van der Waals surface area contributed by atoms with Gasteiger partial charge in [0, 0.05) is 30.2 Å². The quantitative estimate of drug-likeness (QED) is 0.647. The molecule has 0 radical (unpaired) electrons. The Labute approximate surface area is 178 Å². The van der Waals surface area contributed by atoms with Crippen molar-refractivity contribution in [1.82, 2.24) is 0 Å². The van der Waals surface area contributed by atoms with Crippen molar-refractivity contribution in [3.05, 3.63) is 53.1 Å². The van der Waals surface area contributed by atoms with E-state index in [1.165, 1.54) is 23.2 Å². The molecule has 0 aromatic heterocycles. The van der Waals surface area contributed by atoms with Crippen LogP contribution in [0.25, 0.3) is 0 Å². The normalized spacial score (nSPS) is 17.2. The highest BCUT2D eigenvalue weighted by Gasteiger charge is 2.19. The van der Waals surface area contributed by atoms with Crippen LogP contribution in [-0.2, 0) is 24.2 Å². The van der Waals surface area contributed by atoms with E-state index in [0.717, 1.165) is 61.7 Å². The molecule has 0 atom stereocenters. The summed E-state index contributed by atoms with van der Waals surface area (Å²) in [5.41, 5.74) is 5.01. The molecule has 2 aromatic carbocycles. The van der Waals surface area contributed by atoms with Gasteiger partial charge in [-0.1, -0.05) is 19.1 Å². The lowest BCUT2D eigenvalue weighted by Crippen LogP contribution is -2.22. The summed E-state index contributed by atoms with van der Waals surface area (Å²) in [6, 6.07) is 13.1. The largest absolute Gasteiger partial charge is 0.493 e. The van der Waals surface area contributed by atoms with Gasteiger partial charge in [0.1, 0.15) is 5.75 Å². The first kappa shape index (κ1) is 20.6. The first-order chi connectivity index (χ1) is 14.3. The number of aliphatic hydroxyl groups excluding tert-OH is 1. The Hall–Kier alpha value is -1.69. The van der Waals surface area contributed by atoms with Crippen molar-refractivity contribution in [3.63, 3.8) is 0 Å². The molecule has 156 valence electrons. The molecule has 4 nitrogen and oxygen atoms in total. The standard InChI is InChI=1S/C24H31NO3S/c1-2-18-5-6-20-4-3-11-25(23(20)14-18)29-22-7-8-24(21(15-22)16-26)28-17-19-9-12-27-13-10-19/h5-8,14-15,19,26H,2-4,9-13,16-17H2,1H3. The number of hydrogen-bond donors (Lipinski definition) is 1. The van der Waals surface area contributed by atoms with E-state index in [9.17, 15) is 5.11 Å². The SMILES string of the molecule is CCc1ccc2c(c1)N(Sc1ccc(OCC3CCOCC3)c(CO)c1)CCC2. The summed E-state index contributed by atoms with van der Waals surface area (Å²) in [4.78, 5) is 1.14. The molecule has 0 amide bonds. The minimum Gasteiger partial charge on any atom is -0.493 e. The van der Waals surface area contributed by atoms with Gasteiger partial charge in [0.15, 0.2) is 0 Å². The van der Waals surface area contributed by atoms with Crippen molar-refractivity contribution in [2.24, 2.45) is 5.92 Å². The molecule has 5 heteroatoms. The third-order valence-electron chi connectivity index (χ3n) is 5.87. The second kappa shape index (κ2) is 9.88. The van der Waals surface area contributed by atoms with Crippen molar-refractivity contribution in [2.75, 3.05) is 30.7 Å². The van der Waals surface area contributed by atoms with Crippen LogP contribution in [0.15, 0.2) is 41.3 Å². The zero-order chi connectivity index (χ0) is 20.1. The number of hydrogen-bond acceptors (Lipinski definition) is 5. The number of fused-ring (bicyclic) bond motifs is 1. The average Bonchev–Trinajstić information content (AvgIpc) is 2.78. The number of aliphatic hydroxyl groups is 1. The lowest BCUT2D eigenvalue weighted by atomic mass is 10.0. The molecule has 2 heterocycles. The maximum Gasteiger partial charge on any atom is 0.124 e. The lowest BCUT2D eigenvalue weighted by molar-refractivity contribution is 0.0494. The predicted octanol–water partition coefficient (Wildman–Crippen LogP) is 5.01. The van der Waals surface area contributed by atoms with Crippen LogP contribution in [0.2, 0.25) is 0 Å². The third kappa shape index (κ3) is 5.08. The summed E-state index contributed by atoms with van der Waals surface area (Å²) >= 11 is 1.76. The molecule has 1 N–H and O–H groups in total. The molecule has 2 aromatic rings. The van der Waals surface area contributed by atoms with Crippen LogP contribution in [0.1, 0.15) is 42.9 Å². The van der Waals surface area contributed by atoms with Crippen molar-refractivity contribution >= 4 is 17.6 Å². The highest BCUT2D eigenvalue weighted by molar-refractivity contribution is 8.00. The molecule has 1 saturated heterocycles. The second-order valence-corrected chi connectivity index (χ2v) is 9.00. The Morgan fingerprint density at radius 2 is 2.03 bits per heavy atom. The van der Waals surface area contributed by atoms with Crippen molar-refractivity contribution in [3.8, 4) is 5.75 Å². The van der Waals surface area contributed by atoms with Crippen LogP contribution in [0.4, 0.5) is 5.69 Å². The molecule has 2 aliphatic heterocycles. The van der Waals surface area contributed by atoms with Gasteiger partial charge in [0.25, 0.3) is 0 Å². The minimum absolute atomic E-state index is 0.00587. The fourth-order valence-corrected chi connectivity index (χ4v) is 5.09. The van der Waals surface area contributed by atoms with Crippen LogP contribution in [-0.4, -0.2) is 31.5 Å². The molecule has 29 heavy (non-hydrogen) atoms. The van der Waals surface area contributed by atoms with Crippen LogP contribution in [0.3, 0.4) is 0 Å². The van der Waals surface area contributed by atoms with E-state index in [2.05, 4.69) is 41.6 Å². The first-order valence-electron chi connectivity index (χ1n) is 10.8. The zero-order valence-electron chi connectivity index (χ0n) is 17.2. The van der Waals surface area contributed by atoms with Crippen LogP contribution in [0.5, 0.6) is 5.75 Å².